The predicted molar refractivity (Wildman–Crippen MR) is 82.8 cm³/mol. The number of ether oxygens (including phenoxy) is 1. The van der Waals surface area contributed by atoms with Crippen LogP contribution in [-0.2, 0) is 0 Å². The maximum atomic E-state index is 11.1. The lowest BCUT2D eigenvalue weighted by molar-refractivity contribution is -0.385. The Kier molecular flexibility index (Phi) is 5.34. The Balaban J connectivity index is 2.13. The van der Waals surface area contributed by atoms with E-state index in [4.69, 9.17) is 4.74 Å². The van der Waals surface area contributed by atoms with Crippen LogP contribution in [0, 0.1) is 10.1 Å². The van der Waals surface area contributed by atoms with Crippen molar-refractivity contribution in [1.82, 2.24) is 15.2 Å². The van der Waals surface area contributed by atoms with E-state index in [0.29, 0.717) is 12.2 Å². The first-order chi connectivity index (χ1) is 11.1. The molecule has 0 bridgehead atoms. The molecule has 10 heteroatoms. The normalized spacial score (nSPS) is 10.7. The van der Waals surface area contributed by atoms with E-state index in [1.807, 2.05) is 6.92 Å². The summed E-state index contributed by atoms with van der Waals surface area (Å²) in [5, 5.41) is 20.6. The van der Waals surface area contributed by atoms with Crippen LogP contribution in [0.2, 0.25) is 0 Å². The summed E-state index contributed by atoms with van der Waals surface area (Å²) in [5.74, 6) is 0.366. The summed E-state index contributed by atoms with van der Waals surface area (Å²) in [6.45, 7) is 2.31. The molecule has 0 saturated carbocycles. The molecule has 2 aromatic rings. The number of aromatic amines is 1. The Morgan fingerprint density at radius 1 is 1.52 bits per heavy atom. The monoisotopic (exact) mass is 318 g/mol. The highest BCUT2D eigenvalue weighted by Gasteiger charge is 2.15. The molecule has 0 aliphatic heterocycles. The van der Waals surface area contributed by atoms with E-state index in [9.17, 15) is 14.9 Å². The van der Waals surface area contributed by atoms with Gasteiger partial charge in [-0.05, 0) is 18.6 Å². The number of nitrogens with zero attached hydrogens (tertiary/aromatic N) is 4. The molecule has 0 aliphatic rings. The van der Waals surface area contributed by atoms with Gasteiger partial charge in [0.25, 0.3) is 0 Å². The molecule has 1 heterocycles. The minimum atomic E-state index is -0.613. The third-order valence-corrected chi connectivity index (χ3v) is 2.60. The van der Waals surface area contributed by atoms with Gasteiger partial charge in [-0.15, -0.1) is 0 Å². The van der Waals surface area contributed by atoms with E-state index in [-0.39, 0.29) is 17.3 Å². The van der Waals surface area contributed by atoms with Crippen LogP contribution in [0.1, 0.15) is 18.9 Å². The second kappa shape index (κ2) is 7.64. The SMILES string of the molecule is CCCOc1ccc(/C=N/Nc2cn[nH]c(=O)n2)cc1[N+](=O)[O-]. The Morgan fingerprint density at radius 2 is 2.35 bits per heavy atom. The maximum absolute atomic E-state index is 11.1. The standard InChI is InChI=1S/C13H14N6O4/c1-2-5-23-11-4-3-9(6-10(11)19(21)22)7-14-17-12-8-15-18-13(20)16-12/h3-4,6-8H,2,5H2,1H3,(H2,16,17,18,20)/b14-7+. The summed E-state index contributed by atoms with van der Waals surface area (Å²) in [6.07, 6.45) is 3.39. The van der Waals surface area contributed by atoms with Crippen LogP contribution in [0.5, 0.6) is 5.75 Å². The zero-order valence-electron chi connectivity index (χ0n) is 12.2. The van der Waals surface area contributed by atoms with Gasteiger partial charge in [-0.3, -0.25) is 15.5 Å². The van der Waals surface area contributed by atoms with Gasteiger partial charge in [0.1, 0.15) is 0 Å². The summed E-state index contributed by atoms with van der Waals surface area (Å²) in [7, 11) is 0. The Labute approximate surface area is 130 Å². The van der Waals surface area contributed by atoms with Crippen LogP contribution in [0.25, 0.3) is 0 Å². The fourth-order valence-corrected chi connectivity index (χ4v) is 1.63. The fraction of sp³-hybridized carbons (Fsp3) is 0.231. The van der Waals surface area contributed by atoms with Crippen molar-refractivity contribution >= 4 is 17.7 Å². The summed E-state index contributed by atoms with van der Waals surface area (Å²) in [4.78, 5) is 25.1. The third-order valence-electron chi connectivity index (χ3n) is 2.60. The third kappa shape index (κ3) is 4.59. The van der Waals surface area contributed by atoms with Crippen molar-refractivity contribution in [1.29, 1.82) is 0 Å². The van der Waals surface area contributed by atoms with Crippen molar-refractivity contribution < 1.29 is 9.66 Å². The summed E-state index contributed by atoms with van der Waals surface area (Å²) in [5.41, 5.74) is 2.24. The van der Waals surface area contributed by atoms with Crippen molar-refractivity contribution in [2.45, 2.75) is 13.3 Å². The lowest BCUT2D eigenvalue weighted by Gasteiger charge is -2.05. The van der Waals surface area contributed by atoms with Gasteiger partial charge in [0.2, 0.25) is 0 Å². The lowest BCUT2D eigenvalue weighted by Crippen LogP contribution is -2.13. The van der Waals surface area contributed by atoms with Gasteiger partial charge in [0.15, 0.2) is 11.6 Å². The number of H-pyrrole nitrogens is 1. The summed E-state index contributed by atoms with van der Waals surface area (Å²) in [6, 6.07) is 4.49. The van der Waals surface area contributed by atoms with E-state index in [0.717, 1.165) is 6.42 Å². The number of nitro benzene ring substituents is 1. The molecule has 1 aromatic heterocycles. The molecule has 120 valence electrons. The number of nitro groups is 1. The molecule has 10 nitrogen and oxygen atoms in total. The number of rotatable bonds is 7. The zero-order valence-corrected chi connectivity index (χ0v) is 12.2. The minimum Gasteiger partial charge on any atom is -0.487 e. The number of nitrogens with one attached hydrogen (secondary N) is 2. The Bertz CT molecular complexity index is 773. The number of anilines is 1. The molecular formula is C13H14N6O4. The first-order valence-electron chi connectivity index (χ1n) is 6.72. The van der Waals surface area contributed by atoms with Crippen LogP contribution in [0.15, 0.2) is 34.3 Å². The molecule has 0 amide bonds. The molecule has 1 aromatic carbocycles. The quantitative estimate of drug-likeness (QED) is 0.446. The average molecular weight is 318 g/mol. The van der Waals surface area contributed by atoms with E-state index in [2.05, 4.69) is 25.7 Å². The molecule has 0 aliphatic carbocycles. The highest BCUT2D eigenvalue weighted by molar-refractivity contribution is 5.82. The molecule has 2 rings (SSSR count). The highest BCUT2D eigenvalue weighted by atomic mass is 16.6. The Hall–Kier alpha value is -3.30. The molecule has 0 spiro atoms. The van der Waals surface area contributed by atoms with Crippen LogP contribution < -0.4 is 15.9 Å². The number of hydrogen-bond acceptors (Lipinski definition) is 8. The van der Waals surface area contributed by atoms with Gasteiger partial charge in [-0.25, -0.2) is 9.89 Å². The zero-order chi connectivity index (χ0) is 16.7. The van der Waals surface area contributed by atoms with Crippen molar-refractivity contribution in [2.24, 2.45) is 5.10 Å². The molecule has 0 unspecified atom stereocenters. The van der Waals surface area contributed by atoms with Gasteiger partial charge in [-0.1, -0.05) is 6.92 Å². The minimum absolute atomic E-state index is 0.140. The second-order valence-electron chi connectivity index (χ2n) is 4.37. The van der Waals surface area contributed by atoms with Gasteiger partial charge >= 0.3 is 11.4 Å². The van der Waals surface area contributed by atoms with Crippen molar-refractivity contribution in [2.75, 3.05) is 12.0 Å². The smallest absolute Gasteiger partial charge is 0.363 e. The van der Waals surface area contributed by atoms with Crippen LogP contribution in [0.3, 0.4) is 0 Å². The molecule has 2 N–H and O–H groups in total. The van der Waals surface area contributed by atoms with Crippen molar-refractivity contribution in [3.05, 3.63) is 50.6 Å². The van der Waals surface area contributed by atoms with Crippen LogP contribution >= 0.6 is 0 Å². The topological polar surface area (TPSA) is 135 Å². The molecule has 0 atom stereocenters. The first kappa shape index (κ1) is 16.1. The van der Waals surface area contributed by atoms with Gasteiger partial charge in [-0.2, -0.15) is 15.2 Å². The van der Waals surface area contributed by atoms with Gasteiger partial charge in [0, 0.05) is 11.6 Å². The number of benzene rings is 1. The van der Waals surface area contributed by atoms with Crippen molar-refractivity contribution in [3.63, 3.8) is 0 Å². The summed E-state index contributed by atoms with van der Waals surface area (Å²) < 4.78 is 5.33. The fourth-order valence-electron chi connectivity index (χ4n) is 1.63. The van der Waals surface area contributed by atoms with Gasteiger partial charge < -0.3 is 4.74 Å². The number of aromatic nitrogens is 3. The average Bonchev–Trinajstić information content (AvgIpc) is 2.53. The first-order valence-corrected chi connectivity index (χ1v) is 6.72. The second-order valence-corrected chi connectivity index (χ2v) is 4.37. The number of hydrazone groups is 1. The Morgan fingerprint density at radius 3 is 3.04 bits per heavy atom. The maximum Gasteiger partial charge on any atom is 0.363 e. The van der Waals surface area contributed by atoms with E-state index < -0.39 is 10.6 Å². The molecule has 0 saturated heterocycles. The largest absolute Gasteiger partial charge is 0.487 e. The van der Waals surface area contributed by atoms with Crippen molar-refractivity contribution in [3.8, 4) is 5.75 Å². The molecular weight excluding hydrogens is 304 g/mol. The molecule has 0 fully saturated rings. The van der Waals surface area contributed by atoms with Crippen LogP contribution in [0.4, 0.5) is 11.5 Å². The lowest BCUT2D eigenvalue weighted by atomic mass is 10.2. The van der Waals surface area contributed by atoms with E-state index in [1.54, 1.807) is 6.07 Å². The van der Waals surface area contributed by atoms with Crippen LogP contribution in [-0.4, -0.2) is 32.9 Å². The molecule has 0 radical (unpaired) electrons. The highest BCUT2D eigenvalue weighted by Crippen LogP contribution is 2.27. The van der Waals surface area contributed by atoms with E-state index >= 15 is 0 Å². The predicted octanol–water partition coefficient (Wildman–Crippen LogP) is 1.31. The molecule has 23 heavy (non-hydrogen) atoms. The van der Waals surface area contributed by atoms with Gasteiger partial charge in [0.05, 0.1) is 23.9 Å². The summed E-state index contributed by atoms with van der Waals surface area (Å²) >= 11 is 0. The number of hydrogen-bond donors (Lipinski definition) is 2. The van der Waals surface area contributed by atoms with E-state index in [1.165, 1.54) is 24.5 Å².